The van der Waals surface area contributed by atoms with Crippen molar-refractivity contribution in [2.75, 3.05) is 12.3 Å². The number of hydrogen-bond donors (Lipinski definition) is 3. The summed E-state index contributed by atoms with van der Waals surface area (Å²) in [5.41, 5.74) is 6.25. The predicted molar refractivity (Wildman–Crippen MR) is 71.1 cm³/mol. The van der Waals surface area contributed by atoms with Gasteiger partial charge in [0, 0.05) is 5.69 Å². The highest BCUT2D eigenvalue weighted by Crippen LogP contribution is 2.36. The van der Waals surface area contributed by atoms with Crippen LogP contribution in [0, 0.1) is 0 Å². The fourth-order valence-corrected chi connectivity index (χ4v) is 1.90. The number of rotatable bonds is 4. The molecule has 1 amide bonds. The lowest BCUT2D eigenvalue weighted by Crippen LogP contribution is -2.48. The Morgan fingerprint density at radius 2 is 1.94 bits per heavy atom. The molecule has 4 heteroatoms. The maximum Gasteiger partial charge on any atom is 0.230 e. The number of aliphatic hydroxyl groups is 1. The van der Waals surface area contributed by atoms with E-state index >= 15 is 0 Å². The normalized spacial score (nSPS) is 17.3. The molecule has 0 aromatic heterocycles. The summed E-state index contributed by atoms with van der Waals surface area (Å²) in [4.78, 5) is 12.3. The van der Waals surface area contributed by atoms with Crippen molar-refractivity contribution in [2.45, 2.75) is 37.6 Å². The predicted octanol–water partition coefficient (Wildman–Crippen LogP) is 1.19. The molecule has 0 saturated heterocycles. The highest BCUT2D eigenvalue weighted by atomic mass is 16.3. The first-order valence-corrected chi connectivity index (χ1v) is 6.19. The second-order valence-corrected chi connectivity index (χ2v) is 5.64. The van der Waals surface area contributed by atoms with E-state index in [0.29, 0.717) is 5.69 Å². The van der Waals surface area contributed by atoms with E-state index in [-0.39, 0.29) is 18.1 Å². The third kappa shape index (κ3) is 2.34. The fourth-order valence-electron chi connectivity index (χ4n) is 1.90. The summed E-state index contributed by atoms with van der Waals surface area (Å²) >= 11 is 0. The van der Waals surface area contributed by atoms with Gasteiger partial charge in [0.2, 0.25) is 5.91 Å². The molecule has 18 heavy (non-hydrogen) atoms. The fraction of sp³-hybridized carbons (Fsp3) is 0.500. The highest BCUT2D eigenvalue weighted by molar-refractivity contribution is 5.88. The van der Waals surface area contributed by atoms with Crippen LogP contribution in [0.15, 0.2) is 24.3 Å². The average molecular weight is 248 g/mol. The van der Waals surface area contributed by atoms with Crippen molar-refractivity contribution < 1.29 is 9.90 Å². The molecule has 1 aliphatic rings. The molecule has 1 aliphatic carbocycles. The summed E-state index contributed by atoms with van der Waals surface area (Å²) in [5, 5.41) is 12.2. The standard InChI is InChI=1S/C14H20N2O2/c1-13(2,10-3-5-11(15)6-4-10)12(18)16-14(9-17)7-8-14/h3-6,17H,7-9,15H2,1-2H3,(H,16,18). The molecule has 1 fully saturated rings. The van der Waals surface area contributed by atoms with Crippen LogP contribution in [-0.2, 0) is 10.2 Å². The van der Waals surface area contributed by atoms with Crippen LogP contribution in [0.25, 0.3) is 0 Å². The number of nitrogens with one attached hydrogen (secondary N) is 1. The van der Waals surface area contributed by atoms with Gasteiger partial charge in [-0.05, 0) is 44.4 Å². The van der Waals surface area contributed by atoms with Crippen molar-refractivity contribution >= 4 is 11.6 Å². The SMILES string of the molecule is CC(C)(C(=O)NC1(CO)CC1)c1ccc(N)cc1. The van der Waals surface area contributed by atoms with E-state index in [9.17, 15) is 9.90 Å². The van der Waals surface area contributed by atoms with Gasteiger partial charge in [0.25, 0.3) is 0 Å². The number of benzene rings is 1. The minimum atomic E-state index is -0.627. The number of anilines is 1. The molecule has 4 N–H and O–H groups in total. The molecule has 0 bridgehead atoms. The number of nitrogen functional groups attached to an aromatic ring is 1. The van der Waals surface area contributed by atoms with Gasteiger partial charge in [0.05, 0.1) is 17.6 Å². The molecule has 1 aromatic rings. The van der Waals surface area contributed by atoms with Crippen LogP contribution in [0.5, 0.6) is 0 Å². The smallest absolute Gasteiger partial charge is 0.230 e. The van der Waals surface area contributed by atoms with Crippen molar-refractivity contribution in [2.24, 2.45) is 0 Å². The van der Waals surface area contributed by atoms with Crippen LogP contribution >= 0.6 is 0 Å². The Labute approximate surface area is 107 Å². The lowest BCUT2D eigenvalue weighted by molar-refractivity contribution is -0.127. The number of carbonyl (C=O) groups excluding carboxylic acids is 1. The van der Waals surface area contributed by atoms with Gasteiger partial charge in [-0.2, -0.15) is 0 Å². The van der Waals surface area contributed by atoms with E-state index in [0.717, 1.165) is 18.4 Å². The van der Waals surface area contributed by atoms with Crippen LogP contribution in [0.4, 0.5) is 5.69 Å². The summed E-state index contributed by atoms with van der Waals surface area (Å²) < 4.78 is 0. The molecule has 0 heterocycles. The molecule has 98 valence electrons. The lowest BCUT2D eigenvalue weighted by atomic mass is 9.83. The van der Waals surface area contributed by atoms with Gasteiger partial charge in [0.15, 0.2) is 0 Å². The summed E-state index contributed by atoms with van der Waals surface area (Å²) in [6, 6.07) is 7.33. The van der Waals surface area contributed by atoms with Gasteiger partial charge >= 0.3 is 0 Å². The van der Waals surface area contributed by atoms with Gasteiger partial charge in [-0.1, -0.05) is 12.1 Å². The molecule has 0 atom stereocenters. The minimum absolute atomic E-state index is 0.0105. The van der Waals surface area contributed by atoms with Crippen LogP contribution in [0.2, 0.25) is 0 Å². The van der Waals surface area contributed by atoms with E-state index in [1.165, 1.54) is 0 Å². The Kier molecular flexibility index (Phi) is 3.07. The van der Waals surface area contributed by atoms with E-state index < -0.39 is 5.41 Å². The Morgan fingerprint density at radius 1 is 1.39 bits per heavy atom. The van der Waals surface area contributed by atoms with Gasteiger partial charge in [-0.15, -0.1) is 0 Å². The molecular weight excluding hydrogens is 228 g/mol. The van der Waals surface area contributed by atoms with E-state index in [2.05, 4.69) is 5.32 Å². The third-order valence-electron chi connectivity index (χ3n) is 3.73. The molecule has 0 unspecified atom stereocenters. The molecular formula is C14H20N2O2. The van der Waals surface area contributed by atoms with Crippen LogP contribution in [-0.4, -0.2) is 23.2 Å². The maximum atomic E-state index is 12.3. The lowest BCUT2D eigenvalue weighted by Gasteiger charge is -2.27. The molecule has 4 nitrogen and oxygen atoms in total. The number of nitrogens with two attached hydrogens (primary N) is 1. The molecule has 1 saturated carbocycles. The van der Waals surface area contributed by atoms with Gasteiger partial charge in [-0.3, -0.25) is 4.79 Å². The van der Waals surface area contributed by atoms with E-state index in [1.807, 2.05) is 26.0 Å². The Bertz CT molecular complexity index is 447. The number of carbonyl (C=O) groups is 1. The first-order valence-electron chi connectivity index (χ1n) is 6.19. The molecule has 0 spiro atoms. The summed E-state index contributed by atoms with van der Waals surface area (Å²) in [6.07, 6.45) is 1.71. The van der Waals surface area contributed by atoms with Gasteiger partial charge in [-0.25, -0.2) is 0 Å². The number of aliphatic hydroxyl groups excluding tert-OH is 1. The third-order valence-corrected chi connectivity index (χ3v) is 3.73. The van der Waals surface area contributed by atoms with Crippen molar-refractivity contribution in [3.05, 3.63) is 29.8 Å². The van der Waals surface area contributed by atoms with Crippen molar-refractivity contribution in [1.29, 1.82) is 0 Å². The summed E-state index contributed by atoms with van der Waals surface area (Å²) in [5.74, 6) is -0.0566. The van der Waals surface area contributed by atoms with Gasteiger partial charge < -0.3 is 16.2 Å². The molecule has 0 aliphatic heterocycles. The van der Waals surface area contributed by atoms with Gasteiger partial charge in [0.1, 0.15) is 0 Å². The topological polar surface area (TPSA) is 75.3 Å². The Balaban J connectivity index is 2.14. The van der Waals surface area contributed by atoms with Crippen molar-refractivity contribution in [3.8, 4) is 0 Å². The second kappa shape index (κ2) is 4.28. The maximum absolute atomic E-state index is 12.3. The average Bonchev–Trinajstić information content (AvgIpc) is 3.10. The van der Waals surface area contributed by atoms with E-state index in [4.69, 9.17) is 5.73 Å². The van der Waals surface area contributed by atoms with E-state index in [1.54, 1.807) is 12.1 Å². The molecule has 0 radical (unpaired) electrons. The van der Waals surface area contributed by atoms with Crippen LogP contribution in [0.1, 0.15) is 32.3 Å². The zero-order valence-electron chi connectivity index (χ0n) is 10.9. The quantitative estimate of drug-likeness (QED) is 0.701. The molecule has 1 aromatic carbocycles. The van der Waals surface area contributed by atoms with Crippen molar-refractivity contribution in [1.82, 2.24) is 5.32 Å². The monoisotopic (exact) mass is 248 g/mol. The zero-order valence-corrected chi connectivity index (χ0v) is 10.9. The minimum Gasteiger partial charge on any atom is -0.399 e. The first kappa shape index (κ1) is 12.9. The Morgan fingerprint density at radius 3 is 2.39 bits per heavy atom. The largest absolute Gasteiger partial charge is 0.399 e. The number of hydrogen-bond acceptors (Lipinski definition) is 3. The Hall–Kier alpha value is -1.55. The van der Waals surface area contributed by atoms with Crippen molar-refractivity contribution in [3.63, 3.8) is 0 Å². The number of amides is 1. The van der Waals surface area contributed by atoms with Crippen LogP contribution in [0.3, 0.4) is 0 Å². The molecule has 2 rings (SSSR count). The first-order chi connectivity index (χ1) is 8.39. The van der Waals surface area contributed by atoms with Crippen LogP contribution < -0.4 is 11.1 Å². The summed E-state index contributed by atoms with van der Waals surface area (Å²) in [6.45, 7) is 3.76. The highest BCUT2D eigenvalue weighted by Gasteiger charge is 2.46. The second-order valence-electron chi connectivity index (χ2n) is 5.64. The zero-order chi connectivity index (χ0) is 13.4. The summed E-state index contributed by atoms with van der Waals surface area (Å²) in [7, 11) is 0.